The largest absolute Gasteiger partial charge is 0.388 e. The van der Waals surface area contributed by atoms with Crippen molar-refractivity contribution in [2.45, 2.75) is 0 Å². The molecule has 0 saturated carbocycles. The Kier molecular flexibility index (Phi) is 3.18. The molecule has 1 aromatic heterocycles. The molecule has 20 heavy (non-hydrogen) atoms. The maximum Gasteiger partial charge on any atom is 0.205 e. The van der Waals surface area contributed by atoms with Crippen LogP contribution < -0.4 is 5.32 Å². The van der Waals surface area contributed by atoms with Gasteiger partial charge in [-0.2, -0.15) is 0 Å². The normalized spacial score (nSPS) is 10.7. The highest BCUT2D eigenvalue weighted by Crippen LogP contribution is 2.19. The Bertz CT molecular complexity index is 750. The Labute approximate surface area is 115 Å². The Morgan fingerprint density at radius 2 is 2.00 bits per heavy atom. The van der Waals surface area contributed by atoms with Gasteiger partial charge >= 0.3 is 0 Å². The lowest BCUT2D eigenvalue weighted by Gasteiger charge is -2.00. The van der Waals surface area contributed by atoms with Crippen LogP contribution in [0.5, 0.6) is 0 Å². The van der Waals surface area contributed by atoms with Crippen LogP contribution in [0, 0.1) is 0 Å². The molecule has 0 fully saturated rings. The minimum atomic E-state index is -0.491. The third kappa shape index (κ3) is 2.39. The van der Waals surface area contributed by atoms with Gasteiger partial charge in [-0.05, 0) is 30.3 Å². The summed E-state index contributed by atoms with van der Waals surface area (Å²) in [5, 5.41) is 12.0. The number of Topliss-reactive ketones (excluding diaryl/α,β-unsaturated/α-hetero) is 1. The van der Waals surface area contributed by atoms with Crippen LogP contribution >= 0.6 is 0 Å². The molecule has 5 heteroatoms. The number of carbonyl (C=O) groups excluding carboxylic acids is 1. The number of nitrogens with zero attached hydrogens (tertiary/aromatic N) is 1. The fourth-order valence-corrected chi connectivity index (χ4v) is 1.99. The first kappa shape index (κ1) is 12.4. The van der Waals surface area contributed by atoms with Gasteiger partial charge in [-0.1, -0.05) is 18.2 Å². The van der Waals surface area contributed by atoms with E-state index in [2.05, 4.69) is 15.3 Å². The highest BCUT2D eigenvalue weighted by molar-refractivity contribution is 5.99. The van der Waals surface area contributed by atoms with E-state index in [-0.39, 0.29) is 5.78 Å². The second-order valence-electron chi connectivity index (χ2n) is 4.39. The van der Waals surface area contributed by atoms with E-state index in [4.69, 9.17) is 5.11 Å². The smallest absolute Gasteiger partial charge is 0.205 e. The van der Waals surface area contributed by atoms with Gasteiger partial charge in [-0.3, -0.25) is 4.79 Å². The van der Waals surface area contributed by atoms with Gasteiger partial charge in [0, 0.05) is 11.3 Å². The van der Waals surface area contributed by atoms with E-state index < -0.39 is 6.61 Å². The number of ketones is 1. The van der Waals surface area contributed by atoms with Crippen molar-refractivity contribution in [3.05, 3.63) is 54.1 Å². The predicted molar refractivity (Wildman–Crippen MR) is 77.2 cm³/mol. The molecule has 0 saturated heterocycles. The Morgan fingerprint density at radius 1 is 1.20 bits per heavy atom. The monoisotopic (exact) mass is 267 g/mol. The molecule has 0 aliphatic carbocycles. The van der Waals surface area contributed by atoms with Crippen LogP contribution in [0.25, 0.3) is 11.0 Å². The van der Waals surface area contributed by atoms with Crippen molar-refractivity contribution in [2.24, 2.45) is 0 Å². The third-order valence-corrected chi connectivity index (χ3v) is 2.98. The van der Waals surface area contributed by atoms with Crippen LogP contribution in [-0.2, 0) is 0 Å². The Balaban J connectivity index is 1.92. The molecule has 3 rings (SSSR count). The van der Waals surface area contributed by atoms with Gasteiger partial charge in [0.05, 0.1) is 11.0 Å². The number of nitrogens with one attached hydrogen (secondary N) is 2. The van der Waals surface area contributed by atoms with Crippen molar-refractivity contribution in [2.75, 3.05) is 11.9 Å². The molecule has 0 aliphatic heterocycles. The van der Waals surface area contributed by atoms with Gasteiger partial charge in [-0.15, -0.1) is 0 Å². The summed E-state index contributed by atoms with van der Waals surface area (Å²) in [4.78, 5) is 19.0. The summed E-state index contributed by atoms with van der Waals surface area (Å²) < 4.78 is 0. The molecule has 5 nitrogen and oxygen atoms in total. The van der Waals surface area contributed by atoms with Crippen LogP contribution in [0.3, 0.4) is 0 Å². The zero-order valence-corrected chi connectivity index (χ0v) is 10.6. The zero-order valence-electron chi connectivity index (χ0n) is 10.6. The van der Waals surface area contributed by atoms with E-state index in [0.717, 1.165) is 16.7 Å². The molecule has 0 atom stereocenters. The first-order chi connectivity index (χ1) is 9.76. The van der Waals surface area contributed by atoms with Crippen LogP contribution in [0.15, 0.2) is 48.5 Å². The van der Waals surface area contributed by atoms with E-state index in [1.54, 1.807) is 18.2 Å². The first-order valence-electron chi connectivity index (χ1n) is 6.22. The van der Waals surface area contributed by atoms with E-state index in [1.807, 2.05) is 30.3 Å². The SMILES string of the molecule is O=C(CO)c1ccc2nc(Nc3ccccc3)[nH]c2c1. The number of hydrogen-bond donors (Lipinski definition) is 3. The molecule has 0 bridgehead atoms. The average molecular weight is 267 g/mol. The van der Waals surface area contributed by atoms with Crippen molar-refractivity contribution in [1.82, 2.24) is 9.97 Å². The standard InChI is InChI=1S/C15H13N3O2/c19-9-14(20)10-6-7-12-13(8-10)18-15(17-12)16-11-4-2-1-3-5-11/h1-8,19H,9H2,(H2,16,17,18). The van der Waals surface area contributed by atoms with Crippen molar-refractivity contribution >= 4 is 28.5 Å². The van der Waals surface area contributed by atoms with Gasteiger partial charge in [-0.25, -0.2) is 4.98 Å². The number of aliphatic hydroxyl groups is 1. The Hall–Kier alpha value is -2.66. The first-order valence-corrected chi connectivity index (χ1v) is 6.22. The summed E-state index contributed by atoms with van der Waals surface area (Å²) in [5.41, 5.74) is 2.91. The molecular weight excluding hydrogens is 254 g/mol. The number of anilines is 2. The molecule has 3 aromatic rings. The number of rotatable bonds is 4. The third-order valence-electron chi connectivity index (χ3n) is 2.98. The number of carbonyl (C=O) groups is 1. The zero-order chi connectivity index (χ0) is 13.9. The van der Waals surface area contributed by atoms with Gasteiger partial charge in [0.15, 0.2) is 5.78 Å². The lowest BCUT2D eigenvalue weighted by molar-refractivity contribution is 0.0904. The van der Waals surface area contributed by atoms with E-state index in [1.165, 1.54) is 0 Å². The van der Waals surface area contributed by atoms with Crippen molar-refractivity contribution in [3.63, 3.8) is 0 Å². The minimum Gasteiger partial charge on any atom is -0.388 e. The molecule has 0 aliphatic rings. The van der Waals surface area contributed by atoms with Crippen molar-refractivity contribution < 1.29 is 9.90 Å². The molecule has 2 aromatic carbocycles. The predicted octanol–water partition coefficient (Wildman–Crippen LogP) is 2.48. The van der Waals surface area contributed by atoms with Gasteiger partial charge in [0.1, 0.15) is 6.61 Å². The van der Waals surface area contributed by atoms with Gasteiger partial charge in [0.2, 0.25) is 5.95 Å². The average Bonchev–Trinajstić information content (AvgIpc) is 2.88. The summed E-state index contributed by atoms with van der Waals surface area (Å²) in [6, 6.07) is 14.8. The summed E-state index contributed by atoms with van der Waals surface area (Å²) in [6.07, 6.45) is 0. The molecule has 0 unspecified atom stereocenters. The molecule has 0 amide bonds. The van der Waals surface area contributed by atoms with Gasteiger partial charge < -0.3 is 15.4 Å². The number of fused-ring (bicyclic) bond motifs is 1. The molecule has 1 heterocycles. The summed E-state index contributed by atoms with van der Waals surface area (Å²) >= 11 is 0. The fourth-order valence-electron chi connectivity index (χ4n) is 1.99. The van der Waals surface area contributed by atoms with Crippen LogP contribution in [0.4, 0.5) is 11.6 Å². The van der Waals surface area contributed by atoms with Crippen molar-refractivity contribution in [3.8, 4) is 0 Å². The number of imidazole rings is 1. The molecule has 3 N–H and O–H groups in total. The fraction of sp³-hybridized carbons (Fsp3) is 0.0667. The molecule has 0 spiro atoms. The number of aliphatic hydroxyl groups excluding tert-OH is 1. The number of hydrogen-bond acceptors (Lipinski definition) is 4. The van der Waals surface area contributed by atoms with E-state index in [9.17, 15) is 4.79 Å². The Morgan fingerprint density at radius 3 is 2.75 bits per heavy atom. The maximum atomic E-state index is 11.5. The minimum absolute atomic E-state index is 0.306. The number of benzene rings is 2. The maximum absolute atomic E-state index is 11.5. The van der Waals surface area contributed by atoms with Crippen LogP contribution in [0.2, 0.25) is 0 Å². The van der Waals surface area contributed by atoms with E-state index in [0.29, 0.717) is 11.5 Å². The second-order valence-corrected chi connectivity index (χ2v) is 4.39. The highest BCUT2D eigenvalue weighted by atomic mass is 16.3. The lowest BCUT2D eigenvalue weighted by atomic mass is 10.1. The summed E-state index contributed by atoms with van der Waals surface area (Å²) in [5.74, 6) is 0.305. The molecule has 100 valence electrons. The summed E-state index contributed by atoms with van der Waals surface area (Å²) in [6.45, 7) is -0.491. The highest BCUT2D eigenvalue weighted by Gasteiger charge is 2.08. The number of aromatic amines is 1. The van der Waals surface area contributed by atoms with Crippen LogP contribution in [0.1, 0.15) is 10.4 Å². The number of H-pyrrole nitrogens is 1. The number of aromatic nitrogens is 2. The molecular formula is C15H13N3O2. The van der Waals surface area contributed by atoms with Gasteiger partial charge in [0.25, 0.3) is 0 Å². The second kappa shape index (κ2) is 5.14. The quantitative estimate of drug-likeness (QED) is 0.635. The lowest BCUT2D eigenvalue weighted by Crippen LogP contribution is -2.03. The number of para-hydroxylation sites is 1. The topological polar surface area (TPSA) is 78.0 Å². The van der Waals surface area contributed by atoms with E-state index >= 15 is 0 Å². The van der Waals surface area contributed by atoms with Crippen molar-refractivity contribution in [1.29, 1.82) is 0 Å². The summed E-state index contributed by atoms with van der Waals surface area (Å²) in [7, 11) is 0. The van der Waals surface area contributed by atoms with Crippen LogP contribution in [-0.4, -0.2) is 27.5 Å². The molecule has 0 radical (unpaired) electrons.